The van der Waals surface area contributed by atoms with Crippen LogP contribution in [0, 0.1) is 0 Å². The standard InChI is InChI=1S/C10H11Cl2NO/c1-14-13-6-5-9(13)7-3-2-4-8(11)10(7)12/h2-4,9H,5-6H2,1H3. The number of hydroxylamine groups is 2. The molecule has 1 atom stereocenters. The first kappa shape index (κ1) is 10.2. The van der Waals surface area contributed by atoms with E-state index < -0.39 is 0 Å². The van der Waals surface area contributed by atoms with Crippen molar-refractivity contribution in [2.45, 2.75) is 12.5 Å². The molecule has 1 fully saturated rings. The highest BCUT2D eigenvalue weighted by atomic mass is 35.5. The fourth-order valence-electron chi connectivity index (χ4n) is 1.67. The molecule has 1 aromatic carbocycles. The predicted octanol–water partition coefficient (Wildman–Crippen LogP) is 3.30. The van der Waals surface area contributed by atoms with Gasteiger partial charge in [-0.1, -0.05) is 35.3 Å². The molecular weight excluding hydrogens is 221 g/mol. The number of rotatable bonds is 2. The van der Waals surface area contributed by atoms with Gasteiger partial charge in [-0.25, -0.2) is 0 Å². The van der Waals surface area contributed by atoms with Crippen LogP contribution in [0.4, 0.5) is 0 Å². The van der Waals surface area contributed by atoms with Crippen LogP contribution in [-0.4, -0.2) is 18.7 Å². The number of hydrogen-bond acceptors (Lipinski definition) is 2. The zero-order chi connectivity index (χ0) is 10.1. The minimum atomic E-state index is 0.256. The molecule has 0 aromatic heterocycles. The molecule has 0 radical (unpaired) electrons. The van der Waals surface area contributed by atoms with Gasteiger partial charge >= 0.3 is 0 Å². The maximum absolute atomic E-state index is 6.11. The summed E-state index contributed by atoms with van der Waals surface area (Å²) in [5.41, 5.74) is 1.05. The molecule has 0 amide bonds. The van der Waals surface area contributed by atoms with Crippen molar-refractivity contribution in [1.82, 2.24) is 5.06 Å². The fourth-order valence-corrected chi connectivity index (χ4v) is 2.10. The van der Waals surface area contributed by atoms with E-state index in [4.69, 9.17) is 28.0 Å². The lowest BCUT2D eigenvalue weighted by molar-refractivity contribution is -0.213. The smallest absolute Gasteiger partial charge is 0.0641 e. The molecule has 1 aliphatic heterocycles. The Morgan fingerprint density at radius 3 is 2.79 bits per heavy atom. The van der Waals surface area contributed by atoms with E-state index in [1.807, 2.05) is 17.2 Å². The summed E-state index contributed by atoms with van der Waals surface area (Å²) in [5, 5.41) is 3.14. The lowest BCUT2D eigenvalue weighted by Gasteiger charge is -2.39. The van der Waals surface area contributed by atoms with Crippen molar-refractivity contribution in [1.29, 1.82) is 0 Å². The fraction of sp³-hybridized carbons (Fsp3) is 0.400. The zero-order valence-corrected chi connectivity index (χ0v) is 9.35. The summed E-state index contributed by atoms with van der Waals surface area (Å²) in [7, 11) is 1.67. The topological polar surface area (TPSA) is 12.5 Å². The molecule has 1 heterocycles. The lowest BCUT2D eigenvalue weighted by Crippen LogP contribution is -2.39. The van der Waals surface area contributed by atoms with Gasteiger partial charge in [0, 0.05) is 6.54 Å². The number of benzene rings is 1. The summed E-state index contributed by atoms with van der Waals surface area (Å²) in [5.74, 6) is 0. The summed E-state index contributed by atoms with van der Waals surface area (Å²) < 4.78 is 0. The summed E-state index contributed by atoms with van der Waals surface area (Å²) in [6.07, 6.45) is 1.06. The van der Waals surface area contributed by atoms with Crippen LogP contribution in [0.2, 0.25) is 10.0 Å². The quantitative estimate of drug-likeness (QED) is 0.775. The third-order valence-corrected chi connectivity index (χ3v) is 3.38. The van der Waals surface area contributed by atoms with Gasteiger partial charge in [-0.05, 0) is 18.1 Å². The van der Waals surface area contributed by atoms with E-state index in [0.717, 1.165) is 18.5 Å². The molecule has 76 valence electrons. The first-order valence-corrected chi connectivity index (χ1v) is 5.24. The first-order chi connectivity index (χ1) is 6.74. The maximum Gasteiger partial charge on any atom is 0.0641 e. The molecule has 4 heteroatoms. The second-order valence-electron chi connectivity index (χ2n) is 3.27. The van der Waals surface area contributed by atoms with E-state index in [1.165, 1.54) is 0 Å². The Balaban J connectivity index is 2.28. The lowest BCUT2D eigenvalue weighted by atomic mass is 9.97. The van der Waals surface area contributed by atoms with Gasteiger partial charge in [0.05, 0.1) is 23.2 Å². The Morgan fingerprint density at radius 1 is 1.43 bits per heavy atom. The second-order valence-corrected chi connectivity index (χ2v) is 4.06. The normalized spacial score (nSPS) is 22.1. The number of hydrogen-bond donors (Lipinski definition) is 0. The second kappa shape index (κ2) is 4.07. The van der Waals surface area contributed by atoms with Crippen molar-refractivity contribution in [3.8, 4) is 0 Å². The molecule has 0 spiro atoms. The Kier molecular flexibility index (Phi) is 2.98. The Bertz CT molecular complexity index is 341. The predicted molar refractivity (Wildman–Crippen MR) is 57.5 cm³/mol. The van der Waals surface area contributed by atoms with E-state index in [1.54, 1.807) is 13.2 Å². The van der Waals surface area contributed by atoms with Crippen molar-refractivity contribution in [2.75, 3.05) is 13.7 Å². The van der Waals surface area contributed by atoms with Crippen molar-refractivity contribution in [3.05, 3.63) is 33.8 Å². The van der Waals surface area contributed by atoms with Gasteiger partial charge in [0.25, 0.3) is 0 Å². The third-order valence-electron chi connectivity index (χ3n) is 2.55. The zero-order valence-electron chi connectivity index (χ0n) is 7.84. The molecule has 0 aliphatic carbocycles. The highest BCUT2D eigenvalue weighted by Gasteiger charge is 2.31. The average Bonchev–Trinajstić information content (AvgIpc) is 2.12. The molecule has 0 N–H and O–H groups in total. The summed E-state index contributed by atoms with van der Waals surface area (Å²) in [6.45, 7) is 0.948. The highest BCUT2D eigenvalue weighted by molar-refractivity contribution is 6.42. The molecular formula is C10H11Cl2NO. The monoisotopic (exact) mass is 231 g/mol. The Hall–Kier alpha value is -0.280. The minimum Gasteiger partial charge on any atom is -0.302 e. The average molecular weight is 232 g/mol. The van der Waals surface area contributed by atoms with E-state index in [-0.39, 0.29) is 6.04 Å². The van der Waals surface area contributed by atoms with Gasteiger partial charge < -0.3 is 4.84 Å². The van der Waals surface area contributed by atoms with Gasteiger partial charge in [-0.3, -0.25) is 0 Å². The van der Waals surface area contributed by atoms with Crippen LogP contribution < -0.4 is 0 Å². The van der Waals surface area contributed by atoms with Gasteiger partial charge in [0.1, 0.15) is 0 Å². The maximum atomic E-state index is 6.11. The SMILES string of the molecule is CON1CCC1c1cccc(Cl)c1Cl. The van der Waals surface area contributed by atoms with Gasteiger partial charge in [-0.15, -0.1) is 0 Å². The molecule has 1 aromatic rings. The van der Waals surface area contributed by atoms with Crippen LogP contribution >= 0.6 is 23.2 Å². The third kappa shape index (κ3) is 1.63. The summed E-state index contributed by atoms with van der Waals surface area (Å²) in [4.78, 5) is 5.18. The van der Waals surface area contributed by atoms with Crippen LogP contribution in [0.5, 0.6) is 0 Å². The van der Waals surface area contributed by atoms with E-state index in [9.17, 15) is 0 Å². The molecule has 1 aliphatic rings. The van der Waals surface area contributed by atoms with Crippen LogP contribution in [0.3, 0.4) is 0 Å². The number of halogens is 2. The van der Waals surface area contributed by atoms with Gasteiger partial charge in [0.2, 0.25) is 0 Å². The van der Waals surface area contributed by atoms with Crippen molar-refractivity contribution >= 4 is 23.2 Å². The largest absolute Gasteiger partial charge is 0.302 e. The minimum absolute atomic E-state index is 0.256. The molecule has 0 saturated carbocycles. The molecule has 2 rings (SSSR count). The van der Waals surface area contributed by atoms with Crippen molar-refractivity contribution in [2.24, 2.45) is 0 Å². The number of nitrogens with zero attached hydrogens (tertiary/aromatic N) is 1. The van der Waals surface area contributed by atoms with E-state index in [2.05, 4.69) is 0 Å². The molecule has 1 saturated heterocycles. The van der Waals surface area contributed by atoms with Gasteiger partial charge in [0.15, 0.2) is 0 Å². The summed E-state index contributed by atoms with van der Waals surface area (Å²) >= 11 is 12.0. The van der Waals surface area contributed by atoms with Gasteiger partial charge in [-0.2, -0.15) is 5.06 Å². The summed E-state index contributed by atoms with van der Waals surface area (Å²) in [6, 6.07) is 5.95. The molecule has 14 heavy (non-hydrogen) atoms. The first-order valence-electron chi connectivity index (χ1n) is 4.48. The van der Waals surface area contributed by atoms with Crippen LogP contribution in [0.1, 0.15) is 18.0 Å². The van der Waals surface area contributed by atoms with Crippen LogP contribution in [0.15, 0.2) is 18.2 Å². The van der Waals surface area contributed by atoms with E-state index in [0.29, 0.717) is 10.0 Å². The van der Waals surface area contributed by atoms with Crippen LogP contribution in [0.25, 0.3) is 0 Å². The molecule has 1 unspecified atom stereocenters. The Morgan fingerprint density at radius 2 is 2.21 bits per heavy atom. The molecule has 2 nitrogen and oxygen atoms in total. The highest BCUT2D eigenvalue weighted by Crippen LogP contribution is 2.39. The van der Waals surface area contributed by atoms with E-state index >= 15 is 0 Å². The van der Waals surface area contributed by atoms with Crippen LogP contribution in [-0.2, 0) is 4.84 Å². The molecule has 0 bridgehead atoms. The van der Waals surface area contributed by atoms with Crippen molar-refractivity contribution in [3.63, 3.8) is 0 Å². The Labute approximate surface area is 93.3 Å². The van der Waals surface area contributed by atoms with Crippen molar-refractivity contribution < 1.29 is 4.84 Å².